The highest BCUT2D eigenvalue weighted by Gasteiger charge is 2.46. The smallest absolute Gasteiger partial charge is 0.324 e. The fourth-order valence-corrected chi connectivity index (χ4v) is 2.70. The van der Waals surface area contributed by atoms with E-state index < -0.39 is 0 Å². The highest BCUT2D eigenvalue weighted by molar-refractivity contribution is 6.00. The number of hydrogen-bond acceptors (Lipinski definition) is 2. The third-order valence-electron chi connectivity index (χ3n) is 3.65. The fourth-order valence-electron chi connectivity index (χ4n) is 2.70. The Morgan fingerprint density at radius 1 is 1.27 bits per heavy atom. The monoisotopic (exact) mass is 210 g/mol. The number of carbonyl (C=O) groups is 2. The van der Waals surface area contributed by atoms with Crippen LogP contribution in [0.3, 0.4) is 0 Å². The molecule has 0 radical (unpaired) electrons. The summed E-state index contributed by atoms with van der Waals surface area (Å²) < 4.78 is 0. The lowest BCUT2D eigenvalue weighted by molar-refractivity contribution is -0.142. The van der Waals surface area contributed by atoms with Crippen molar-refractivity contribution < 1.29 is 9.59 Å². The van der Waals surface area contributed by atoms with Crippen LogP contribution >= 0.6 is 0 Å². The maximum atomic E-state index is 12.2. The SMILES string of the molecule is CCN1C(=O)NCC2(CCCCC2)C1=O. The van der Waals surface area contributed by atoms with Gasteiger partial charge in [-0.25, -0.2) is 4.79 Å². The first-order chi connectivity index (χ1) is 7.19. The third-order valence-corrected chi connectivity index (χ3v) is 3.65. The van der Waals surface area contributed by atoms with E-state index in [9.17, 15) is 9.59 Å². The van der Waals surface area contributed by atoms with Gasteiger partial charge in [0, 0.05) is 13.1 Å². The van der Waals surface area contributed by atoms with E-state index in [4.69, 9.17) is 0 Å². The summed E-state index contributed by atoms with van der Waals surface area (Å²) in [6, 6.07) is -0.223. The molecule has 1 aliphatic carbocycles. The van der Waals surface area contributed by atoms with Gasteiger partial charge in [0.05, 0.1) is 5.41 Å². The van der Waals surface area contributed by atoms with Crippen molar-refractivity contribution in [2.75, 3.05) is 13.1 Å². The lowest BCUT2D eigenvalue weighted by atomic mass is 9.72. The van der Waals surface area contributed by atoms with Crippen LogP contribution in [0.2, 0.25) is 0 Å². The fraction of sp³-hybridized carbons (Fsp3) is 0.818. The molecule has 1 N–H and O–H groups in total. The topological polar surface area (TPSA) is 49.4 Å². The van der Waals surface area contributed by atoms with E-state index in [1.54, 1.807) is 0 Å². The normalized spacial score (nSPS) is 25.5. The van der Waals surface area contributed by atoms with Gasteiger partial charge in [0.15, 0.2) is 0 Å². The van der Waals surface area contributed by atoms with Crippen LogP contribution in [-0.4, -0.2) is 29.9 Å². The van der Waals surface area contributed by atoms with Crippen LogP contribution in [0.25, 0.3) is 0 Å². The number of rotatable bonds is 1. The molecule has 3 amide bonds. The molecule has 0 bridgehead atoms. The first-order valence-electron chi connectivity index (χ1n) is 5.79. The van der Waals surface area contributed by atoms with E-state index in [2.05, 4.69) is 5.32 Å². The largest absolute Gasteiger partial charge is 0.337 e. The first kappa shape index (κ1) is 10.5. The maximum Gasteiger partial charge on any atom is 0.324 e. The third kappa shape index (κ3) is 1.62. The van der Waals surface area contributed by atoms with Gasteiger partial charge in [0.25, 0.3) is 0 Å². The Morgan fingerprint density at radius 3 is 2.53 bits per heavy atom. The summed E-state index contributed by atoms with van der Waals surface area (Å²) in [7, 11) is 0. The van der Waals surface area contributed by atoms with Crippen LogP contribution in [0.1, 0.15) is 39.0 Å². The van der Waals surface area contributed by atoms with Gasteiger partial charge in [-0.05, 0) is 19.8 Å². The molecule has 15 heavy (non-hydrogen) atoms. The Morgan fingerprint density at radius 2 is 1.93 bits per heavy atom. The van der Waals surface area contributed by atoms with Crippen molar-refractivity contribution in [2.24, 2.45) is 5.41 Å². The molecule has 4 nitrogen and oxygen atoms in total. The van der Waals surface area contributed by atoms with Gasteiger partial charge in [-0.1, -0.05) is 19.3 Å². The summed E-state index contributed by atoms with van der Waals surface area (Å²) in [5, 5.41) is 2.84. The van der Waals surface area contributed by atoms with Gasteiger partial charge in [-0.3, -0.25) is 9.69 Å². The highest BCUT2D eigenvalue weighted by Crippen LogP contribution is 2.39. The van der Waals surface area contributed by atoms with Crippen molar-refractivity contribution in [3.05, 3.63) is 0 Å². The van der Waals surface area contributed by atoms with E-state index in [0.29, 0.717) is 13.1 Å². The van der Waals surface area contributed by atoms with Crippen molar-refractivity contribution in [3.63, 3.8) is 0 Å². The quantitative estimate of drug-likeness (QED) is 0.713. The van der Waals surface area contributed by atoms with Gasteiger partial charge in [-0.2, -0.15) is 0 Å². The van der Waals surface area contributed by atoms with E-state index in [1.807, 2.05) is 6.92 Å². The molecule has 4 heteroatoms. The van der Waals surface area contributed by atoms with E-state index in [0.717, 1.165) is 25.7 Å². The Kier molecular flexibility index (Phi) is 2.67. The van der Waals surface area contributed by atoms with Gasteiger partial charge in [0.1, 0.15) is 0 Å². The molecule has 1 saturated carbocycles. The molecule has 1 aliphatic heterocycles. The molecule has 2 fully saturated rings. The summed E-state index contributed by atoms with van der Waals surface area (Å²) in [5.74, 6) is 0.0495. The van der Waals surface area contributed by atoms with Gasteiger partial charge < -0.3 is 5.32 Å². The van der Waals surface area contributed by atoms with Gasteiger partial charge in [-0.15, -0.1) is 0 Å². The zero-order chi connectivity index (χ0) is 10.9. The highest BCUT2D eigenvalue weighted by atomic mass is 16.2. The number of amides is 3. The standard InChI is InChI=1S/C11H18N2O2/c1-2-13-9(14)11(8-12-10(13)15)6-4-3-5-7-11/h2-8H2,1H3,(H,12,15). The lowest BCUT2D eigenvalue weighted by Gasteiger charge is -2.42. The maximum absolute atomic E-state index is 12.2. The van der Waals surface area contributed by atoms with Crippen molar-refractivity contribution >= 4 is 11.9 Å². The number of urea groups is 1. The number of imide groups is 1. The molecule has 1 heterocycles. The minimum Gasteiger partial charge on any atom is -0.337 e. The van der Waals surface area contributed by atoms with Crippen LogP contribution in [0.15, 0.2) is 0 Å². The van der Waals surface area contributed by atoms with Gasteiger partial charge >= 0.3 is 6.03 Å². The van der Waals surface area contributed by atoms with E-state index in [1.165, 1.54) is 11.3 Å². The van der Waals surface area contributed by atoms with E-state index >= 15 is 0 Å². The predicted octanol–water partition coefficient (Wildman–Crippen LogP) is 1.51. The molecule has 0 aromatic rings. The van der Waals surface area contributed by atoms with Crippen LogP contribution in [-0.2, 0) is 4.79 Å². The summed E-state index contributed by atoms with van der Waals surface area (Å²) in [6.07, 6.45) is 5.30. The minimum atomic E-state index is -0.276. The molecule has 0 aromatic carbocycles. The van der Waals surface area contributed by atoms with Gasteiger partial charge in [0.2, 0.25) is 5.91 Å². The molecule has 0 unspecified atom stereocenters. The van der Waals surface area contributed by atoms with Crippen molar-refractivity contribution in [1.82, 2.24) is 10.2 Å². The second kappa shape index (κ2) is 3.83. The Balaban J connectivity index is 2.19. The zero-order valence-electron chi connectivity index (χ0n) is 9.21. The average Bonchev–Trinajstić information content (AvgIpc) is 2.27. The molecule has 0 atom stereocenters. The number of hydrogen-bond donors (Lipinski definition) is 1. The summed E-state index contributed by atoms with van der Waals surface area (Å²) in [4.78, 5) is 25.0. The lowest BCUT2D eigenvalue weighted by Crippen LogP contribution is -2.60. The Bertz CT molecular complexity index is 282. The summed E-state index contributed by atoms with van der Waals surface area (Å²) >= 11 is 0. The average molecular weight is 210 g/mol. The van der Waals surface area contributed by atoms with Crippen molar-refractivity contribution in [2.45, 2.75) is 39.0 Å². The summed E-state index contributed by atoms with van der Waals surface area (Å²) in [5.41, 5.74) is -0.276. The Hall–Kier alpha value is -1.06. The second-order valence-corrected chi connectivity index (χ2v) is 4.55. The number of nitrogens with one attached hydrogen (secondary N) is 1. The van der Waals surface area contributed by atoms with Crippen LogP contribution < -0.4 is 5.32 Å². The zero-order valence-corrected chi connectivity index (χ0v) is 9.21. The molecule has 1 spiro atoms. The molecular weight excluding hydrogens is 192 g/mol. The first-order valence-corrected chi connectivity index (χ1v) is 5.79. The molecule has 1 saturated heterocycles. The molecular formula is C11H18N2O2. The summed E-state index contributed by atoms with van der Waals surface area (Å²) in [6.45, 7) is 2.87. The number of nitrogens with zero attached hydrogens (tertiary/aromatic N) is 1. The van der Waals surface area contributed by atoms with Crippen LogP contribution in [0.4, 0.5) is 4.79 Å². The Labute approximate surface area is 90.0 Å². The second-order valence-electron chi connectivity index (χ2n) is 4.55. The van der Waals surface area contributed by atoms with E-state index in [-0.39, 0.29) is 17.4 Å². The molecule has 2 aliphatic rings. The van der Waals surface area contributed by atoms with Crippen molar-refractivity contribution in [1.29, 1.82) is 0 Å². The molecule has 2 rings (SSSR count). The minimum absolute atomic E-state index is 0.0495. The van der Waals surface area contributed by atoms with Crippen LogP contribution in [0, 0.1) is 5.41 Å². The van der Waals surface area contributed by atoms with Crippen LogP contribution in [0.5, 0.6) is 0 Å². The predicted molar refractivity (Wildman–Crippen MR) is 56.3 cm³/mol. The number of carbonyl (C=O) groups excluding carboxylic acids is 2. The molecule has 0 aromatic heterocycles. The van der Waals surface area contributed by atoms with Crippen molar-refractivity contribution in [3.8, 4) is 0 Å². The molecule has 84 valence electrons.